The van der Waals surface area contributed by atoms with Crippen molar-refractivity contribution in [3.05, 3.63) is 61.3 Å². The van der Waals surface area contributed by atoms with Crippen molar-refractivity contribution < 1.29 is 0 Å². The van der Waals surface area contributed by atoms with Crippen LogP contribution in [0.5, 0.6) is 0 Å². The third kappa shape index (κ3) is 3.77. The largest absolute Gasteiger partial charge is 0.0990 e. The maximum atomic E-state index is 3.91. The van der Waals surface area contributed by atoms with Gasteiger partial charge in [-0.3, -0.25) is 0 Å². The molecule has 0 rings (SSSR count). The van der Waals surface area contributed by atoms with Gasteiger partial charge in [0.15, 0.2) is 0 Å². The summed E-state index contributed by atoms with van der Waals surface area (Å²) in [5.41, 5.74) is 2.00. The van der Waals surface area contributed by atoms with Crippen molar-refractivity contribution in [2.24, 2.45) is 0 Å². The molecule has 0 N–H and O–H groups in total. The minimum Gasteiger partial charge on any atom is -0.0990 e. The van der Waals surface area contributed by atoms with Crippen LogP contribution in [0, 0.1) is 0 Å². The molecule has 0 heteroatoms. The number of rotatable bonds is 5. The monoisotopic (exact) mass is 160 g/mol. The van der Waals surface area contributed by atoms with E-state index in [0.29, 0.717) is 0 Å². The number of hydrogen-bond acceptors (Lipinski definition) is 0. The van der Waals surface area contributed by atoms with Crippen molar-refractivity contribution in [3.8, 4) is 0 Å². The van der Waals surface area contributed by atoms with Gasteiger partial charge in [0.1, 0.15) is 0 Å². The Balaban J connectivity index is 4.42. The fraction of sp³-hybridized carbons (Fsp3) is 0.167. The molecule has 0 radical (unpaired) electrons. The topological polar surface area (TPSA) is 0 Å². The lowest BCUT2D eigenvalue weighted by Gasteiger charge is -1.98. The summed E-state index contributed by atoms with van der Waals surface area (Å²) in [7, 11) is 0. The van der Waals surface area contributed by atoms with E-state index in [1.165, 1.54) is 0 Å². The Hall–Kier alpha value is -1.30. The van der Waals surface area contributed by atoms with Crippen molar-refractivity contribution >= 4 is 0 Å². The molecule has 0 fully saturated rings. The third-order valence-electron chi connectivity index (χ3n) is 1.44. The molecule has 0 saturated carbocycles. The summed E-state index contributed by atoms with van der Waals surface area (Å²) in [4.78, 5) is 0. The van der Waals surface area contributed by atoms with Gasteiger partial charge in [0.25, 0.3) is 0 Å². The fourth-order valence-electron chi connectivity index (χ4n) is 0.789. The fourth-order valence-corrected chi connectivity index (χ4v) is 0.789. The number of allylic oxidation sites excluding steroid dienone is 7. The van der Waals surface area contributed by atoms with Gasteiger partial charge in [0.05, 0.1) is 0 Å². The Morgan fingerprint density at radius 2 is 2.00 bits per heavy atom. The van der Waals surface area contributed by atoms with Gasteiger partial charge in [-0.1, -0.05) is 57.0 Å². The van der Waals surface area contributed by atoms with Crippen LogP contribution < -0.4 is 0 Å². The first-order valence-electron chi connectivity index (χ1n) is 4.07. The minimum absolute atomic E-state index is 0.978. The Morgan fingerprint density at radius 3 is 2.42 bits per heavy atom. The highest BCUT2D eigenvalue weighted by molar-refractivity contribution is 5.45. The summed E-state index contributed by atoms with van der Waals surface area (Å²) >= 11 is 0. The SMILES string of the molecule is C=C/C=C(/C=C)C(=C)/C=C\CC. The second-order valence-electron chi connectivity index (χ2n) is 2.40. The molecule has 0 saturated heterocycles. The summed E-state index contributed by atoms with van der Waals surface area (Å²) < 4.78 is 0. The van der Waals surface area contributed by atoms with Crippen LogP contribution in [0.2, 0.25) is 0 Å². The smallest absolute Gasteiger partial charge is 0.0196 e. The standard InChI is InChI=1S/C12H16/c1-5-8-10-11(4)12(7-3)9-6-2/h6-10H,2-5H2,1H3/b10-8-,12-9-. The first-order chi connectivity index (χ1) is 5.76. The van der Waals surface area contributed by atoms with E-state index in [-0.39, 0.29) is 0 Å². The molecule has 0 aromatic rings. The van der Waals surface area contributed by atoms with Crippen LogP contribution >= 0.6 is 0 Å². The lowest BCUT2D eigenvalue weighted by Crippen LogP contribution is -1.78. The maximum absolute atomic E-state index is 3.91. The first kappa shape index (κ1) is 10.7. The summed E-state index contributed by atoms with van der Waals surface area (Å²) in [5.74, 6) is 0. The lowest BCUT2D eigenvalue weighted by atomic mass is 10.1. The zero-order chi connectivity index (χ0) is 9.40. The van der Waals surface area contributed by atoms with Crippen LogP contribution in [0.1, 0.15) is 13.3 Å². The Labute approximate surface area is 75.3 Å². The molecule has 0 atom stereocenters. The van der Waals surface area contributed by atoms with Gasteiger partial charge in [-0.2, -0.15) is 0 Å². The molecule has 64 valence electrons. The van der Waals surface area contributed by atoms with Gasteiger partial charge in [-0.25, -0.2) is 0 Å². The van der Waals surface area contributed by atoms with Gasteiger partial charge < -0.3 is 0 Å². The molecule has 0 heterocycles. The number of hydrogen-bond donors (Lipinski definition) is 0. The quantitative estimate of drug-likeness (QED) is 0.536. The van der Waals surface area contributed by atoms with Gasteiger partial charge >= 0.3 is 0 Å². The molecule has 0 aliphatic rings. The average molecular weight is 160 g/mol. The molecule has 0 unspecified atom stereocenters. The van der Waals surface area contributed by atoms with Gasteiger partial charge in [0, 0.05) is 0 Å². The Bertz CT molecular complexity index is 226. The second kappa shape index (κ2) is 6.41. The van der Waals surface area contributed by atoms with Crippen LogP contribution in [0.25, 0.3) is 0 Å². The first-order valence-corrected chi connectivity index (χ1v) is 4.07. The van der Waals surface area contributed by atoms with E-state index >= 15 is 0 Å². The molecule has 0 spiro atoms. The van der Waals surface area contributed by atoms with E-state index in [0.717, 1.165) is 17.6 Å². The van der Waals surface area contributed by atoms with Crippen LogP contribution in [0.3, 0.4) is 0 Å². The Kier molecular flexibility index (Phi) is 5.72. The van der Waals surface area contributed by atoms with Crippen molar-refractivity contribution in [2.45, 2.75) is 13.3 Å². The van der Waals surface area contributed by atoms with Gasteiger partial charge in [-0.05, 0) is 17.6 Å². The summed E-state index contributed by atoms with van der Waals surface area (Å²) in [6, 6.07) is 0. The second-order valence-corrected chi connectivity index (χ2v) is 2.40. The highest BCUT2D eigenvalue weighted by atomic mass is 14.0. The highest BCUT2D eigenvalue weighted by Crippen LogP contribution is 2.10. The minimum atomic E-state index is 0.978. The van der Waals surface area contributed by atoms with E-state index in [9.17, 15) is 0 Å². The molecule has 0 aliphatic carbocycles. The Morgan fingerprint density at radius 1 is 1.33 bits per heavy atom. The molecule has 0 nitrogen and oxygen atoms in total. The van der Waals surface area contributed by atoms with Crippen molar-refractivity contribution in [3.63, 3.8) is 0 Å². The van der Waals surface area contributed by atoms with E-state index in [2.05, 4.69) is 32.7 Å². The molecule has 0 aromatic carbocycles. The molecule has 0 bridgehead atoms. The van der Waals surface area contributed by atoms with Crippen molar-refractivity contribution in [2.75, 3.05) is 0 Å². The van der Waals surface area contributed by atoms with E-state index in [1.54, 1.807) is 12.2 Å². The van der Waals surface area contributed by atoms with Crippen LogP contribution in [0.4, 0.5) is 0 Å². The van der Waals surface area contributed by atoms with E-state index < -0.39 is 0 Å². The molecule has 12 heavy (non-hydrogen) atoms. The normalized spacial score (nSPS) is 11.6. The highest BCUT2D eigenvalue weighted by Gasteiger charge is 1.90. The van der Waals surface area contributed by atoms with Gasteiger partial charge in [-0.15, -0.1) is 0 Å². The molecular formula is C12H16. The summed E-state index contributed by atoms with van der Waals surface area (Å²) in [6.07, 6.45) is 10.5. The van der Waals surface area contributed by atoms with Crippen molar-refractivity contribution in [1.29, 1.82) is 0 Å². The van der Waals surface area contributed by atoms with Crippen LogP contribution in [0.15, 0.2) is 61.3 Å². The molecular weight excluding hydrogens is 144 g/mol. The molecule has 0 aromatic heterocycles. The van der Waals surface area contributed by atoms with E-state index in [1.807, 2.05) is 12.2 Å². The zero-order valence-corrected chi connectivity index (χ0v) is 7.72. The average Bonchev–Trinajstić information content (AvgIpc) is 2.10. The maximum Gasteiger partial charge on any atom is -0.0196 e. The van der Waals surface area contributed by atoms with Crippen molar-refractivity contribution in [1.82, 2.24) is 0 Å². The zero-order valence-electron chi connectivity index (χ0n) is 7.72. The summed E-state index contributed by atoms with van der Waals surface area (Å²) in [6.45, 7) is 13.3. The van der Waals surface area contributed by atoms with Gasteiger partial charge in [0.2, 0.25) is 0 Å². The van der Waals surface area contributed by atoms with E-state index in [4.69, 9.17) is 0 Å². The summed E-state index contributed by atoms with van der Waals surface area (Å²) in [5, 5.41) is 0. The lowest BCUT2D eigenvalue weighted by molar-refractivity contribution is 1.22. The molecule has 0 aliphatic heterocycles. The predicted molar refractivity (Wildman–Crippen MR) is 57.0 cm³/mol. The van der Waals surface area contributed by atoms with Crippen LogP contribution in [-0.4, -0.2) is 0 Å². The third-order valence-corrected chi connectivity index (χ3v) is 1.44. The molecule has 0 amide bonds. The van der Waals surface area contributed by atoms with Crippen LogP contribution in [-0.2, 0) is 0 Å². The predicted octanol–water partition coefficient (Wildman–Crippen LogP) is 3.81.